The van der Waals surface area contributed by atoms with Crippen molar-refractivity contribution in [1.29, 1.82) is 0 Å². The van der Waals surface area contributed by atoms with Crippen molar-refractivity contribution in [2.45, 2.75) is 6.92 Å². The van der Waals surface area contributed by atoms with Crippen molar-refractivity contribution in [3.8, 4) is 0 Å². The summed E-state index contributed by atoms with van der Waals surface area (Å²) >= 11 is 0. The van der Waals surface area contributed by atoms with Crippen LogP contribution in [0.2, 0.25) is 0 Å². The second kappa shape index (κ2) is 2.35. The van der Waals surface area contributed by atoms with Crippen LogP contribution in [0.15, 0.2) is 36.4 Å². The highest BCUT2D eigenvalue weighted by Gasteiger charge is 1.90. The van der Waals surface area contributed by atoms with E-state index in [0.29, 0.717) is 0 Å². The Labute approximate surface area is 65.7 Å². The molecule has 0 radical (unpaired) electrons. The summed E-state index contributed by atoms with van der Waals surface area (Å²) in [7, 11) is 0. The fourth-order valence-electron chi connectivity index (χ4n) is 1.17. The van der Waals surface area contributed by atoms with Crippen molar-refractivity contribution in [2.75, 3.05) is 0 Å². The highest BCUT2D eigenvalue weighted by molar-refractivity contribution is 5.78. The maximum atomic E-state index is 4.38. The molecule has 0 aliphatic carbocycles. The quantitative estimate of drug-likeness (QED) is 0.550. The molecule has 1 nitrogen and oxygen atoms in total. The molecule has 0 fully saturated rings. The Morgan fingerprint density at radius 3 is 2.73 bits per heavy atom. The van der Waals surface area contributed by atoms with Gasteiger partial charge in [0, 0.05) is 11.1 Å². The van der Waals surface area contributed by atoms with E-state index in [1.807, 2.05) is 31.2 Å². The molecule has 1 heterocycles. The van der Waals surface area contributed by atoms with Crippen molar-refractivity contribution < 1.29 is 0 Å². The van der Waals surface area contributed by atoms with Crippen LogP contribution in [-0.2, 0) is 0 Å². The molecule has 1 aromatic heterocycles. The molecule has 1 aromatic carbocycles. The molecule has 2 aromatic rings. The zero-order chi connectivity index (χ0) is 7.68. The zero-order valence-corrected chi connectivity index (χ0v) is 6.41. The first-order chi connectivity index (χ1) is 5.36. The van der Waals surface area contributed by atoms with Gasteiger partial charge in [-0.1, -0.05) is 24.3 Å². The van der Waals surface area contributed by atoms with Gasteiger partial charge in [-0.3, -0.25) is 4.98 Å². The maximum absolute atomic E-state index is 4.38. The lowest BCUT2D eigenvalue weighted by Crippen LogP contribution is -1.80. The molecule has 0 bridgehead atoms. The van der Waals surface area contributed by atoms with E-state index in [1.54, 1.807) is 0 Å². The summed E-state index contributed by atoms with van der Waals surface area (Å²) in [6.07, 6.45) is 0. The third kappa shape index (κ3) is 1.09. The number of fused-ring (bicyclic) bond motifs is 1. The van der Waals surface area contributed by atoms with Crippen LogP contribution in [-0.4, -0.2) is 4.98 Å². The number of pyridine rings is 1. The van der Waals surface area contributed by atoms with Gasteiger partial charge in [-0.2, -0.15) is 0 Å². The van der Waals surface area contributed by atoms with Gasteiger partial charge < -0.3 is 0 Å². The molecule has 0 N–H and O–H groups in total. The van der Waals surface area contributed by atoms with E-state index < -0.39 is 0 Å². The van der Waals surface area contributed by atoms with E-state index in [1.165, 1.54) is 5.39 Å². The van der Waals surface area contributed by atoms with Crippen LogP contribution in [0.5, 0.6) is 0 Å². The Morgan fingerprint density at radius 1 is 1.00 bits per heavy atom. The maximum Gasteiger partial charge on any atom is 0.0705 e. The van der Waals surface area contributed by atoms with Gasteiger partial charge in [-0.05, 0) is 19.1 Å². The number of rotatable bonds is 0. The first kappa shape index (κ1) is 6.35. The first-order valence-corrected chi connectivity index (χ1v) is 3.69. The molecule has 0 spiro atoms. The smallest absolute Gasteiger partial charge is 0.0705 e. The molecule has 54 valence electrons. The van der Waals surface area contributed by atoms with Crippen LogP contribution in [0.4, 0.5) is 0 Å². The standard InChI is InChI=1S/C10H9N/c1-8-6-7-9-4-2-3-5-10(9)11-8/h2-7H,1H3/i1-1. The summed E-state index contributed by atoms with van der Waals surface area (Å²) in [5.41, 5.74) is 2.15. The second-order valence-electron chi connectivity index (χ2n) is 2.65. The monoisotopic (exact) mass is 142 g/mol. The predicted molar refractivity (Wildman–Crippen MR) is 46.5 cm³/mol. The molecule has 0 saturated heterocycles. The Kier molecular flexibility index (Phi) is 1.35. The minimum Gasteiger partial charge on any atom is -0.253 e. The lowest BCUT2D eigenvalue weighted by Gasteiger charge is -1.95. The summed E-state index contributed by atoms with van der Waals surface area (Å²) in [4.78, 5) is 4.38. The number of hydrogen-bond acceptors (Lipinski definition) is 1. The van der Waals surface area contributed by atoms with Crippen LogP contribution in [0.3, 0.4) is 0 Å². The average molecular weight is 142 g/mol. The van der Waals surface area contributed by atoms with E-state index in [2.05, 4.69) is 17.1 Å². The fourth-order valence-corrected chi connectivity index (χ4v) is 1.17. The van der Waals surface area contributed by atoms with Gasteiger partial charge in [0.05, 0.1) is 5.52 Å². The Bertz CT molecular complexity index is 379. The summed E-state index contributed by atoms with van der Waals surface area (Å²) in [5, 5.41) is 1.21. The van der Waals surface area contributed by atoms with Gasteiger partial charge in [0.15, 0.2) is 0 Å². The minimum atomic E-state index is 1.07. The van der Waals surface area contributed by atoms with Gasteiger partial charge in [-0.25, -0.2) is 0 Å². The summed E-state index contributed by atoms with van der Waals surface area (Å²) < 4.78 is 0. The molecule has 1 heteroatoms. The highest BCUT2D eigenvalue weighted by Crippen LogP contribution is 2.10. The van der Waals surface area contributed by atoms with E-state index >= 15 is 0 Å². The average Bonchev–Trinajstić information content (AvgIpc) is 2.04. The van der Waals surface area contributed by atoms with Crippen LogP contribution in [0.25, 0.3) is 10.9 Å². The molecular weight excluding hydrogens is 133 g/mol. The number of aromatic nitrogens is 1. The highest BCUT2D eigenvalue weighted by atomic mass is 14.7. The molecule has 0 unspecified atom stereocenters. The van der Waals surface area contributed by atoms with Crippen LogP contribution < -0.4 is 0 Å². The van der Waals surface area contributed by atoms with Gasteiger partial charge in [0.1, 0.15) is 0 Å². The van der Waals surface area contributed by atoms with E-state index in [-0.39, 0.29) is 0 Å². The topological polar surface area (TPSA) is 12.9 Å². The lowest BCUT2D eigenvalue weighted by atomic mass is 10.1. The molecular formula is C10H9N. The number of para-hydroxylation sites is 1. The van der Waals surface area contributed by atoms with Crippen molar-refractivity contribution in [1.82, 2.24) is 4.98 Å². The van der Waals surface area contributed by atoms with Gasteiger partial charge in [0.25, 0.3) is 0 Å². The molecule has 0 aliphatic rings. The molecule has 11 heavy (non-hydrogen) atoms. The Balaban J connectivity index is 2.83. The summed E-state index contributed by atoms with van der Waals surface area (Å²) in [6.45, 7) is 2.01. The second-order valence-corrected chi connectivity index (χ2v) is 2.65. The van der Waals surface area contributed by atoms with Crippen molar-refractivity contribution in [2.24, 2.45) is 0 Å². The van der Waals surface area contributed by atoms with Gasteiger partial charge in [-0.15, -0.1) is 0 Å². The zero-order valence-electron chi connectivity index (χ0n) is 6.41. The molecule has 2 rings (SSSR count). The summed E-state index contributed by atoms with van der Waals surface area (Å²) in [5.74, 6) is 0. The fraction of sp³-hybridized carbons (Fsp3) is 0.100. The van der Waals surface area contributed by atoms with Gasteiger partial charge >= 0.3 is 0 Å². The largest absolute Gasteiger partial charge is 0.253 e. The molecule has 0 saturated carbocycles. The number of aryl methyl sites for hydroxylation is 1. The third-order valence-electron chi connectivity index (χ3n) is 1.74. The van der Waals surface area contributed by atoms with E-state index in [4.69, 9.17) is 0 Å². The first-order valence-electron chi connectivity index (χ1n) is 3.69. The van der Waals surface area contributed by atoms with E-state index in [9.17, 15) is 0 Å². The van der Waals surface area contributed by atoms with Crippen molar-refractivity contribution >= 4 is 10.9 Å². The SMILES string of the molecule is [11CH3]c1ccc2ccccc2n1. The lowest BCUT2D eigenvalue weighted by molar-refractivity contribution is 1.26. The summed E-state index contributed by atoms with van der Waals surface area (Å²) in [6, 6.07) is 12.3. The molecule has 0 atom stereocenters. The third-order valence-corrected chi connectivity index (χ3v) is 1.74. The Hall–Kier alpha value is -1.37. The number of nitrogens with zero attached hydrogens (tertiary/aromatic N) is 1. The number of hydrogen-bond donors (Lipinski definition) is 0. The normalized spacial score (nSPS) is 10.3. The van der Waals surface area contributed by atoms with Gasteiger partial charge in [0.2, 0.25) is 0 Å². The van der Waals surface area contributed by atoms with Crippen LogP contribution in [0, 0.1) is 6.92 Å². The van der Waals surface area contributed by atoms with E-state index in [0.717, 1.165) is 11.2 Å². The predicted octanol–water partition coefficient (Wildman–Crippen LogP) is 2.54. The van der Waals surface area contributed by atoms with Crippen LogP contribution >= 0.6 is 0 Å². The van der Waals surface area contributed by atoms with Crippen molar-refractivity contribution in [3.63, 3.8) is 0 Å². The molecule has 0 amide bonds. The Morgan fingerprint density at radius 2 is 1.82 bits per heavy atom. The molecule has 0 aliphatic heterocycles. The minimum absolute atomic E-state index is 1.07. The van der Waals surface area contributed by atoms with Crippen molar-refractivity contribution in [3.05, 3.63) is 42.1 Å². The van der Waals surface area contributed by atoms with Crippen LogP contribution in [0.1, 0.15) is 5.69 Å². The number of benzene rings is 1.